The third-order valence-electron chi connectivity index (χ3n) is 3.91. The first-order valence-electron chi connectivity index (χ1n) is 7.40. The molecule has 3 rings (SSSR count). The van der Waals surface area contributed by atoms with Crippen LogP contribution in [0.4, 0.5) is 5.95 Å². The van der Waals surface area contributed by atoms with Gasteiger partial charge in [0.2, 0.25) is 5.95 Å². The standard InChI is InChI=1S/C16H20N6/c17-15(18)14-5-2-1-4-13(14)12-21-8-10-22(11-9-21)16-19-6-3-7-20-16/h1-7H,8-12H2,(H3,17,18). The topological polar surface area (TPSA) is 82.1 Å². The summed E-state index contributed by atoms with van der Waals surface area (Å²) in [5.74, 6) is 0.929. The maximum absolute atomic E-state index is 7.67. The fourth-order valence-electron chi connectivity index (χ4n) is 2.72. The lowest BCUT2D eigenvalue weighted by molar-refractivity contribution is 0.248. The number of hydrogen-bond donors (Lipinski definition) is 2. The first-order valence-corrected chi connectivity index (χ1v) is 7.40. The molecule has 1 fully saturated rings. The number of aromatic nitrogens is 2. The number of piperazine rings is 1. The number of nitrogens with zero attached hydrogens (tertiary/aromatic N) is 4. The van der Waals surface area contributed by atoms with Crippen molar-refractivity contribution in [2.24, 2.45) is 5.73 Å². The minimum Gasteiger partial charge on any atom is -0.384 e. The summed E-state index contributed by atoms with van der Waals surface area (Å²) in [6, 6.07) is 9.70. The van der Waals surface area contributed by atoms with E-state index in [0.717, 1.165) is 49.8 Å². The molecule has 0 saturated carbocycles. The fraction of sp³-hybridized carbons (Fsp3) is 0.312. The average molecular weight is 296 g/mol. The van der Waals surface area contributed by atoms with Crippen molar-refractivity contribution in [3.8, 4) is 0 Å². The van der Waals surface area contributed by atoms with Crippen LogP contribution in [0.25, 0.3) is 0 Å². The number of hydrogen-bond acceptors (Lipinski definition) is 5. The summed E-state index contributed by atoms with van der Waals surface area (Å²) in [5, 5.41) is 7.67. The van der Waals surface area contributed by atoms with Crippen LogP contribution in [-0.4, -0.2) is 46.9 Å². The van der Waals surface area contributed by atoms with Gasteiger partial charge in [0.15, 0.2) is 0 Å². The highest BCUT2D eigenvalue weighted by Gasteiger charge is 2.19. The highest BCUT2D eigenvalue weighted by molar-refractivity contribution is 5.96. The lowest BCUT2D eigenvalue weighted by atomic mass is 10.1. The summed E-state index contributed by atoms with van der Waals surface area (Å²) in [4.78, 5) is 13.2. The average Bonchev–Trinajstić information content (AvgIpc) is 2.57. The minimum absolute atomic E-state index is 0.131. The molecular weight excluding hydrogens is 276 g/mol. The predicted molar refractivity (Wildman–Crippen MR) is 87.0 cm³/mol. The van der Waals surface area contributed by atoms with E-state index in [1.165, 1.54) is 0 Å². The van der Waals surface area contributed by atoms with Crippen LogP contribution in [0.5, 0.6) is 0 Å². The van der Waals surface area contributed by atoms with Crippen LogP contribution >= 0.6 is 0 Å². The Morgan fingerprint density at radius 2 is 1.73 bits per heavy atom. The highest BCUT2D eigenvalue weighted by Crippen LogP contribution is 2.15. The van der Waals surface area contributed by atoms with Crippen molar-refractivity contribution in [3.05, 3.63) is 53.9 Å². The molecule has 1 aliphatic rings. The summed E-state index contributed by atoms with van der Waals surface area (Å²) < 4.78 is 0. The molecule has 0 radical (unpaired) electrons. The van der Waals surface area contributed by atoms with Gasteiger partial charge in [-0.3, -0.25) is 10.3 Å². The summed E-state index contributed by atoms with van der Waals surface area (Å²) in [6.07, 6.45) is 3.55. The van der Waals surface area contributed by atoms with Crippen LogP contribution in [0.1, 0.15) is 11.1 Å². The van der Waals surface area contributed by atoms with E-state index >= 15 is 0 Å². The lowest BCUT2D eigenvalue weighted by Gasteiger charge is -2.34. The number of nitrogen functional groups attached to an aromatic ring is 1. The Morgan fingerprint density at radius 1 is 1.05 bits per heavy atom. The van der Waals surface area contributed by atoms with E-state index in [1.54, 1.807) is 12.4 Å². The molecular formula is C16H20N6. The third-order valence-corrected chi connectivity index (χ3v) is 3.91. The molecule has 3 N–H and O–H groups in total. The van der Waals surface area contributed by atoms with Gasteiger partial charge in [-0.25, -0.2) is 9.97 Å². The minimum atomic E-state index is 0.131. The quantitative estimate of drug-likeness (QED) is 0.652. The molecule has 0 aliphatic carbocycles. The van der Waals surface area contributed by atoms with E-state index < -0.39 is 0 Å². The van der Waals surface area contributed by atoms with Crippen LogP contribution in [0.15, 0.2) is 42.7 Å². The Hall–Kier alpha value is -2.47. The van der Waals surface area contributed by atoms with Crippen molar-refractivity contribution in [1.82, 2.24) is 14.9 Å². The van der Waals surface area contributed by atoms with Crippen LogP contribution in [0.3, 0.4) is 0 Å². The van der Waals surface area contributed by atoms with Crippen LogP contribution in [-0.2, 0) is 6.54 Å². The largest absolute Gasteiger partial charge is 0.384 e. The zero-order valence-corrected chi connectivity index (χ0v) is 12.4. The first kappa shape index (κ1) is 14.5. The molecule has 1 aromatic carbocycles. The van der Waals surface area contributed by atoms with Crippen LogP contribution in [0, 0.1) is 5.41 Å². The fourth-order valence-corrected chi connectivity index (χ4v) is 2.72. The SMILES string of the molecule is N=C(N)c1ccccc1CN1CCN(c2ncccn2)CC1. The van der Waals surface area contributed by atoms with E-state index in [-0.39, 0.29) is 5.84 Å². The van der Waals surface area contributed by atoms with Crippen molar-refractivity contribution in [2.45, 2.75) is 6.54 Å². The van der Waals surface area contributed by atoms with Gasteiger partial charge in [0.25, 0.3) is 0 Å². The normalized spacial score (nSPS) is 15.7. The summed E-state index contributed by atoms with van der Waals surface area (Å²) in [7, 11) is 0. The maximum Gasteiger partial charge on any atom is 0.225 e. The van der Waals surface area contributed by atoms with E-state index in [0.29, 0.717) is 0 Å². The zero-order chi connectivity index (χ0) is 15.4. The predicted octanol–water partition coefficient (Wildman–Crippen LogP) is 1.08. The van der Waals surface area contributed by atoms with Gasteiger partial charge >= 0.3 is 0 Å². The molecule has 0 amide bonds. The number of benzene rings is 1. The van der Waals surface area contributed by atoms with Crippen molar-refractivity contribution >= 4 is 11.8 Å². The number of nitrogens with two attached hydrogens (primary N) is 1. The Kier molecular flexibility index (Phi) is 4.29. The second-order valence-electron chi connectivity index (χ2n) is 5.38. The van der Waals surface area contributed by atoms with Gasteiger partial charge in [0, 0.05) is 50.7 Å². The third kappa shape index (κ3) is 3.23. The molecule has 2 aromatic rings. The molecule has 0 bridgehead atoms. The van der Waals surface area contributed by atoms with Gasteiger partial charge in [0.05, 0.1) is 0 Å². The smallest absolute Gasteiger partial charge is 0.225 e. The van der Waals surface area contributed by atoms with Gasteiger partial charge < -0.3 is 10.6 Å². The number of nitrogens with one attached hydrogen (secondary N) is 1. The first-order chi connectivity index (χ1) is 10.7. The number of amidine groups is 1. The Bertz CT molecular complexity index is 634. The summed E-state index contributed by atoms with van der Waals surface area (Å²) >= 11 is 0. The van der Waals surface area contributed by atoms with Crippen LogP contribution in [0.2, 0.25) is 0 Å². The molecule has 2 heterocycles. The zero-order valence-electron chi connectivity index (χ0n) is 12.4. The second kappa shape index (κ2) is 6.53. The van der Waals surface area contributed by atoms with E-state index in [9.17, 15) is 0 Å². The van der Waals surface area contributed by atoms with Crippen molar-refractivity contribution in [3.63, 3.8) is 0 Å². The van der Waals surface area contributed by atoms with Gasteiger partial charge in [0.1, 0.15) is 5.84 Å². The summed E-state index contributed by atoms with van der Waals surface area (Å²) in [6.45, 7) is 4.53. The Morgan fingerprint density at radius 3 is 2.41 bits per heavy atom. The maximum atomic E-state index is 7.67. The van der Waals surface area contributed by atoms with Crippen LogP contribution < -0.4 is 10.6 Å². The second-order valence-corrected chi connectivity index (χ2v) is 5.38. The monoisotopic (exact) mass is 296 g/mol. The molecule has 1 aliphatic heterocycles. The van der Waals surface area contributed by atoms with E-state index in [4.69, 9.17) is 11.1 Å². The molecule has 6 heteroatoms. The van der Waals surface area contributed by atoms with Gasteiger partial charge in [-0.1, -0.05) is 24.3 Å². The number of anilines is 1. The Balaban J connectivity index is 1.62. The van der Waals surface area contributed by atoms with E-state index in [1.807, 2.05) is 30.3 Å². The van der Waals surface area contributed by atoms with E-state index in [2.05, 4.69) is 19.8 Å². The van der Waals surface area contributed by atoms with Crippen molar-refractivity contribution in [1.29, 1.82) is 5.41 Å². The van der Waals surface area contributed by atoms with Crippen molar-refractivity contribution in [2.75, 3.05) is 31.1 Å². The number of rotatable bonds is 4. The lowest BCUT2D eigenvalue weighted by Crippen LogP contribution is -2.46. The highest BCUT2D eigenvalue weighted by atomic mass is 15.3. The molecule has 22 heavy (non-hydrogen) atoms. The molecule has 0 spiro atoms. The molecule has 0 unspecified atom stereocenters. The molecule has 0 atom stereocenters. The van der Waals surface area contributed by atoms with Crippen molar-refractivity contribution < 1.29 is 0 Å². The summed E-state index contributed by atoms with van der Waals surface area (Å²) in [5.41, 5.74) is 7.60. The molecule has 1 aromatic heterocycles. The molecule has 1 saturated heterocycles. The Labute approximate surface area is 130 Å². The van der Waals surface area contributed by atoms with Gasteiger partial charge in [-0.2, -0.15) is 0 Å². The van der Waals surface area contributed by atoms with Gasteiger partial charge in [-0.05, 0) is 11.6 Å². The molecule has 6 nitrogen and oxygen atoms in total. The molecule has 114 valence electrons. The van der Waals surface area contributed by atoms with Gasteiger partial charge in [-0.15, -0.1) is 0 Å².